The molecule has 1 unspecified atom stereocenters. The predicted molar refractivity (Wildman–Crippen MR) is 72.0 cm³/mol. The number of rotatable bonds is 6. The molecule has 0 spiro atoms. The van der Waals surface area contributed by atoms with Gasteiger partial charge in [-0.1, -0.05) is 13.0 Å². The Hall–Kier alpha value is -1.75. The summed E-state index contributed by atoms with van der Waals surface area (Å²) in [5, 5.41) is 27.5. The number of carbonyl (C=O) groups is 1. The van der Waals surface area contributed by atoms with Gasteiger partial charge in [-0.15, -0.1) is 0 Å². The minimum absolute atomic E-state index is 0.0240. The molecule has 1 aromatic rings. The SMILES string of the molecule is CCN(CCO)C(=O)C(C)Cc1ccc(O)c(O)c1. The number of amides is 1. The summed E-state index contributed by atoms with van der Waals surface area (Å²) < 4.78 is 0. The van der Waals surface area contributed by atoms with E-state index in [4.69, 9.17) is 5.11 Å². The second-order valence-electron chi connectivity index (χ2n) is 4.57. The molecule has 0 fully saturated rings. The fraction of sp³-hybridized carbons (Fsp3) is 0.500. The zero-order chi connectivity index (χ0) is 14.4. The summed E-state index contributed by atoms with van der Waals surface area (Å²) in [6.45, 7) is 4.52. The second kappa shape index (κ2) is 6.99. The first-order valence-electron chi connectivity index (χ1n) is 6.40. The fourth-order valence-corrected chi connectivity index (χ4v) is 1.99. The molecule has 3 N–H and O–H groups in total. The first kappa shape index (κ1) is 15.3. The van der Waals surface area contributed by atoms with Crippen molar-refractivity contribution in [2.75, 3.05) is 19.7 Å². The number of phenolic OH excluding ortho intramolecular Hbond substituents is 2. The van der Waals surface area contributed by atoms with E-state index in [-0.39, 0.29) is 29.9 Å². The number of benzene rings is 1. The molecule has 0 aliphatic rings. The molecular weight excluding hydrogens is 246 g/mol. The molecule has 0 aromatic heterocycles. The maximum absolute atomic E-state index is 12.1. The summed E-state index contributed by atoms with van der Waals surface area (Å²) in [7, 11) is 0. The summed E-state index contributed by atoms with van der Waals surface area (Å²) in [6, 6.07) is 4.55. The van der Waals surface area contributed by atoms with Crippen LogP contribution in [0.25, 0.3) is 0 Å². The van der Waals surface area contributed by atoms with E-state index in [0.29, 0.717) is 19.5 Å². The van der Waals surface area contributed by atoms with E-state index in [9.17, 15) is 15.0 Å². The number of aliphatic hydroxyl groups excluding tert-OH is 1. The molecule has 0 heterocycles. The van der Waals surface area contributed by atoms with Gasteiger partial charge in [0.25, 0.3) is 0 Å². The normalized spacial score (nSPS) is 12.2. The Balaban J connectivity index is 2.69. The summed E-state index contributed by atoms with van der Waals surface area (Å²) >= 11 is 0. The third kappa shape index (κ3) is 4.13. The van der Waals surface area contributed by atoms with Crippen LogP contribution in [0.3, 0.4) is 0 Å². The Morgan fingerprint density at radius 2 is 2.00 bits per heavy atom. The molecule has 5 nitrogen and oxygen atoms in total. The van der Waals surface area contributed by atoms with Crippen LogP contribution in [0.2, 0.25) is 0 Å². The number of phenols is 2. The average molecular weight is 267 g/mol. The number of hydrogen-bond acceptors (Lipinski definition) is 4. The van der Waals surface area contributed by atoms with Gasteiger partial charge < -0.3 is 20.2 Å². The molecule has 106 valence electrons. The van der Waals surface area contributed by atoms with Crippen LogP contribution in [0, 0.1) is 5.92 Å². The molecule has 0 aliphatic heterocycles. The molecule has 0 saturated heterocycles. The van der Waals surface area contributed by atoms with Gasteiger partial charge in [-0.25, -0.2) is 0 Å². The number of aromatic hydroxyl groups is 2. The zero-order valence-electron chi connectivity index (χ0n) is 11.3. The van der Waals surface area contributed by atoms with Crippen molar-refractivity contribution in [1.29, 1.82) is 0 Å². The van der Waals surface area contributed by atoms with Crippen molar-refractivity contribution >= 4 is 5.91 Å². The maximum Gasteiger partial charge on any atom is 0.225 e. The molecular formula is C14H21NO4. The van der Waals surface area contributed by atoms with Crippen molar-refractivity contribution < 1.29 is 20.1 Å². The van der Waals surface area contributed by atoms with Gasteiger partial charge in [-0.05, 0) is 31.0 Å². The van der Waals surface area contributed by atoms with Gasteiger partial charge in [0.15, 0.2) is 11.5 Å². The van der Waals surface area contributed by atoms with Gasteiger partial charge in [-0.3, -0.25) is 4.79 Å². The van der Waals surface area contributed by atoms with E-state index in [0.717, 1.165) is 5.56 Å². The van der Waals surface area contributed by atoms with Gasteiger partial charge in [0.2, 0.25) is 5.91 Å². The van der Waals surface area contributed by atoms with Crippen LogP contribution in [-0.2, 0) is 11.2 Å². The van der Waals surface area contributed by atoms with Gasteiger partial charge in [0.05, 0.1) is 6.61 Å². The van der Waals surface area contributed by atoms with E-state index in [1.54, 1.807) is 11.0 Å². The van der Waals surface area contributed by atoms with Crippen molar-refractivity contribution in [3.05, 3.63) is 23.8 Å². The van der Waals surface area contributed by atoms with Crippen molar-refractivity contribution in [1.82, 2.24) is 4.90 Å². The Kier molecular flexibility index (Phi) is 5.63. The van der Waals surface area contributed by atoms with Crippen molar-refractivity contribution in [3.8, 4) is 11.5 Å². The monoisotopic (exact) mass is 267 g/mol. The first-order valence-corrected chi connectivity index (χ1v) is 6.40. The third-order valence-corrected chi connectivity index (χ3v) is 3.07. The molecule has 1 aromatic carbocycles. The van der Waals surface area contributed by atoms with Gasteiger partial charge >= 0.3 is 0 Å². The molecule has 0 saturated carbocycles. The highest BCUT2D eigenvalue weighted by Crippen LogP contribution is 2.26. The summed E-state index contributed by atoms with van der Waals surface area (Å²) in [5.74, 6) is -0.613. The van der Waals surface area contributed by atoms with E-state index >= 15 is 0 Å². The number of hydrogen-bond donors (Lipinski definition) is 3. The fourth-order valence-electron chi connectivity index (χ4n) is 1.99. The molecule has 0 bridgehead atoms. The van der Waals surface area contributed by atoms with Gasteiger partial charge in [0, 0.05) is 19.0 Å². The lowest BCUT2D eigenvalue weighted by atomic mass is 9.99. The van der Waals surface area contributed by atoms with E-state index < -0.39 is 0 Å². The Morgan fingerprint density at radius 1 is 1.32 bits per heavy atom. The van der Waals surface area contributed by atoms with Crippen molar-refractivity contribution in [2.45, 2.75) is 20.3 Å². The van der Waals surface area contributed by atoms with Crippen LogP contribution >= 0.6 is 0 Å². The standard InChI is InChI=1S/C14H21NO4/c1-3-15(6-7-16)14(19)10(2)8-11-4-5-12(17)13(18)9-11/h4-5,9-10,16-18H,3,6-8H2,1-2H3. The number of likely N-dealkylation sites (N-methyl/N-ethyl adjacent to an activating group) is 1. The van der Waals surface area contributed by atoms with E-state index in [1.807, 2.05) is 13.8 Å². The second-order valence-corrected chi connectivity index (χ2v) is 4.57. The topological polar surface area (TPSA) is 81.0 Å². The Morgan fingerprint density at radius 3 is 2.53 bits per heavy atom. The van der Waals surface area contributed by atoms with Crippen LogP contribution in [0.1, 0.15) is 19.4 Å². The molecule has 1 amide bonds. The third-order valence-electron chi connectivity index (χ3n) is 3.07. The average Bonchev–Trinajstić information content (AvgIpc) is 2.39. The van der Waals surface area contributed by atoms with E-state index in [2.05, 4.69) is 0 Å². The van der Waals surface area contributed by atoms with E-state index in [1.165, 1.54) is 12.1 Å². The highest BCUT2D eigenvalue weighted by atomic mass is 16.3. The lowest BCUT2D eigenvalue weighted by molar-refractivity contribution is -0.135. The summed E-state index contributed by atoms with van der Waals surface area (Å²) in [5.41, 5.74) is 0.788. The van der Waals surface area contributed by atoms with Crippen molar-refractivity contribution in [2.24, 2.45) is 5.92 Å². The Labute approximate surface area is 113 Å². The molecule has 0 radical (unpaired) electrons. The van der Waals surface area contributed by atoms with Gasteiger partial charge in [0.1, 0.15) is 0 Å². The lowest BCUT2D eigenvalue weighted by Crippen LogP contribution is -2.37. The van der Waals surface area contributed by atoms with Crippen LogP contribution in [0.4, 0.5) is 0 Å². The molecule has 19 heavy (non-hydrogen) atoms. The Bertz CT molecular complexity index is 433. The molecule has 1 rings (SSSR count). The van der Waals surface area contributed by atoms with Crippen LogP contribution in [0.5, 0.6) is 11.5 Å². The van der Waals surface area contributed by atoms with Crippen LogP contribution in [-0.4, -0.2) is 45.8 Å². The van der Waals surface area contributed by atoms with Crippen molar-refractivity contribution in [3.63, 3.8) is 0 Å². The number of nitrogens with zero attached hydrogens (tertiary/aromatic N) is 1. The minimum atomic E-state index is -0.240. The smallest absolute Gasteiger partial charge is 0.225 e. The molecule has 5 heteroatoms. The quantitative estimate of drug-likeness (QED) is 0.675. The van der Waals surface area contributed by atoms with Crippen LogP contribution < -0.4 is 0 Å². The number of aliphatic hydroxyl groups is 1. The lowest BCUT2D eigenvalue weighted by Gasteiger charge is -2.23. The highest BCUT2D eigenvalue weighted by Gasteiger charge is 2.19. The highest BCUT2D eigenvalue weighted by molar-refractivity contribution is 5.78. The summed E-state index contributed by atoms with van der Waals surface area (Å²) in [6.07, 6.45) is 0.481. The van der Waals surface area contributed by atoms with Crippen LogP contribution in [0.15, 0.2) is 18.2 Å². The predicted octanol–water partition coefficient (Wildman–Crippen LogP) is 1.12. The molecule has 1 atom stereocenters. The maximum atomic E-state index is 12.1. The van der Waals surface area contributed by atoms with Gasteiger partial charge in [-0.2, -0.15) is 0 Å². The first-order chi connectivity index (χ1) is 8.99. The largest absolute Gasteiger partial charge is 0.504 e. The molecule has 0 aliphatic carbocycles. The summed E-state index contributed by atoms with van der Waals surface area (Å²) in [4.78, 5) is 13.7. The number of carbonyl (C=O) groups excluding carboxylic acids is 1. The zero-order valence-corrected chi connectivity index (χ0v) is 11.3. The minimum Gasteiger partial charge on any atom is -0.504 e.